The van der Waals surface area contributed by atoms with E-state index >= 15 is 0 Å². The van der Waals surface area contributed by atoms with Crippen LogP contribution in [-0.4, -0.2) is 15.0 Å². The van der Waals surface area contributed by atoms with Crippen LogP contribution in [0.4, 0.5) is 0 Å². The fraction of sp³-hybridized carbons (Fsp3) is 0.750. The summed E-state index contributed by atoms with van der Waals surface area (Å²) in [6, 6.07) is 0.557. The summed E-state index contributed by atoms with van der Waals surface area (Å²) in [5.41, 5.74) is 1.04. The molecule has 0 aromatic carbocycles. The molecule has 2 rings (SSSR count). The first-order valence-electron chi connectivity index (χ1n) is 4.37. The molecule has 3 nitrogen and oxygen atoms in total. The molecule has 0 radical (unpaired) electrons. The van der Waals surface area contributed by atoms with Crippen molar-refractivity contribution < 1.29 is 0 Å². The second kappa shape index (κ2) is 3.44. The van der Waals surface area contributed by atoms with Gasteiger partial charge >= 0.3 is 0 Å². The number of aromatic nitrogens is 3. The van der Waals surface area contributed by atoms with Gasteiger partial charge in [-0.1, -0.05) is 18.1 Å². The number of hydrogen-bond donors (Lipinski definition) is 0. The average molecular weight is 186 g/mol. The standard InChI is InChI=1S/C8H12ClN3/c9-5-8-6-10-11-12(8)7-3-1-2-4-7/h6-7H,1-5H2. The van der Waals surface area contributed by atoms with Gasteiger partial charge in [-0.2, -0.15) is 0 Å². The summed E-state index contributed by atoms with van der Waals surface area (Å²) in [6.45, 7) is 0. The van der Waals surface area contributed by atoms with Crippen LogP contribution in [-0.2, 0) is 5.88 Å². The molecule has 0 unspecified atom stereocenters. The molecule has 0 spiro atoms. The number of alkyl halides is 1. The Morgan fingerprint density at radius 1 is 1.50 bits per heavy atom. The number of nitrogens with zero attached hydrogens (tertiary/aromatic N) is 3. The van der Waals surface area contributed by atoms with E-state index in [1.54, 1.807) is 6.20 Å². The van der Waals surface area contributed by atoms with Crippen LogP contribution < -0.4 is 0 Å². The summed E-state index contributed by atoms with van der Waals surface area (Å²) in [5, 5.41) is 7.92. The summed E-state index contributed by atoms with van der Waals surface area (Å²) in [4.78, 5) is 0. The zero-order valence-electron chi connectivity index (χ0n) is 6.91. The van der Waals surface area contributed by atoms with E-state index in [9.17, 15) is 0 Å². The van der Waals surface area contributed by atoms with Gasteiger partial charge in [-0.3, -0.25) is 0 Å². The van der Waals surface area contributed by atoms with Crippen molar-refractivity contribution >= 4 is 11.6 Å². The van der Waals surface area contributed by atoms with Crippen LogP contribution in [0.1, 0.15) is 37.4 Å². The Morgan fingerprint density at radius 3 is 2.92 bits per heavy atom. The highest BCUT2D eigenvalue weighted by molar-refractivity contribution is 6.16. The van der Waals surface area contributed by atoms with Crippen LogP contribution in [0.15, 0.2) is 6.20 Å². The maximum atomic E-state index is 5.75. The summed E-state index contributed by atoms with van der Waals surface area (Å²) in [5.74, 6) is 0.517. The molecule has 1 aromatic heterocycles. The molecule has 0 aliphatic heterocycles. The molecule has 0 bridgehead atoms. The third-order valence-electron chi connectivity index (χ3n) is 2.46. The number of rotatable bonds is 2. The molecule has 1 aliphatic carbocycles. The van der Waals surface area contributed by atoms with Gasteiger partial charge in [0.05, 0.1) is 23.8 Å². The number of halogens is 1. The molecular weight excluding hydrogens is 174 g/mol. The quantitative estimate of drug-likeness (QED) is 0.661. The van der Waals surface area contributed by atoms with E-state index in [0.29, 0.717) is 11.9 Å². The Hall–Kier alpha value is -0.570. The lowest BCUT2D eigenvalue weighted by Gasteiger charge is -2.10. The maximum absolute atomic E-state index is 5.75. The van der Waals surface area contributed by atoms with Gasteiger partial charge in [0.15, 0.2) is 0 Å². The van der Waals surface area contributed by atoms with Crippen molar-refractivity contribution in [2.45, 2.75) is 37.6 Å². The fourth-order valence-electron chi connectivity index (χ4n) is 1.82. The van der Waals surface area contributed by atoms with E-state index in [1.807, 2.05) is 4.68 Å². The van der Waals surface area contributed by atoms with Crippen LogP contribution in [0.5, 0.6) is 0 Å². The van der Waals surface area contributed by atoms with Gasteiger partial charge in [-0.25, -0.2) is 4.68 Å². The third kappa shape index (κ3) is 1.33. The van der Waals surface area contributed by atoms with Crippen molar-refractivity contribution in [3.8, 4) is 0 Å². The Balaban J connectivity index is 2.19. The maximum Gasteiger partial charge on any atom is 0.0738 e. The van der Waals surface area contributed by atoms with E-state index < -0.39 is 0 Å². The zero-order valence-corrected chi connectivity index (χ0v) is 7.67. The van der Waals surface area contributed by atoms with Crippen molar-refractivity contribution in [2.24, 2.45) is 0 Å². The monoisotopic (exact) mass is 185 g/mol. The van der Waals surface area contributed by atoms with Gasteiger partial charge in [0.25, 0.3) is 0 Å². The second-order valence-electron chi connectivity index (χ2n) is 3.24. The first-order valence-corrected chi connectivity index (χ1v) is 4.90. The Labute approximate surface area is 76.7 Å². The van der Waals surface area contributed by atoms with Gasteiger partial charge in [-0.05, 0) is 12.8 Å². The van der Waals surface area contributed by atoms with Crippen molar-refractivity contribution in [3.05, 3.63) is 11.9 Å². The lowest BCUT2D eigenvalue weighted by molar-refractivity contribution is 0.443. The average Bonchev–Trinajstić information content (AvgIpc) is 2.74. The largest absolute Gasteiger partial charge is 0.245 e. The molecule has 1 aliphatic rings. The van der Waals surface area contributed by atoms with E-state index in [-0.39, 0.29) is 0 Å². The van der Waals surface area contributed by atoms with Gasteiger partial charge in [-0.15, -0.1) is 16.7 Å². The fourth-order valence-corrected chi connectivity index (χ4v) is 2.01. The SMILES string of the molecule is ClCc1cnnn1C1CCCC1. The van der Waals surface area contributed by atoms with Crippen LogP contribution >= 0.6 is 11.6 Å². The molecule has 0 atom stereocenters. The van der Waals surface area contributed by atoms with E-state index in [1.165, 1.54) is 25.7 Å². The summed E-state index contributed by atoms with van der Waals surface area (Å²) in [7, 11) is 0. The third-order valence-corrected chi connectivity index (χ3v) is 2.73. The predicted octanol–water partition coefficient (Wildman–Crippen LogP) is 2.13. The van der Waals surface area contributed by atoms with Crippen molar-refractivity contribution in [1.82, 2.24) is 15.0 Å². The Kier molecular flexibility index (Phi) is 2.30. The van der Waals surface area contributed by atoms with Crippen LogP contribution in [0.2, 0.25) is 0 Å². The van der Waals surface area contributed by atoms with Crippen molar-refractivity contribution in [3.63, 3.8) is 0 Å². The molecule has 66 valence electrons. The van der Waals surface area contributed by atoms with Gasteiger partial charge < -0.3 is 0 Å². The predicted molar refractivity (Wildman–Crippen MR) is 47.1 cm³/mol. The molecule has 0 saturated heterocycles. The molecular formula is C8H12ClN3. The minimum absolute atomic E-state index is 0.517. The zero-order chi connectivity index (χ0) is 8.39. The summed E-state index contributed by atoms with van der Waals surface area (Å²) >= 11 is 5.75. The Morgan fingerprint density at radius 2 is 2.25 bits per heavy atom. The minimum atomic E-state index is 0.517. The molecule has 1 fully saturated rings. The van der Waals surface area contributed by atoms with E-state index in [4.69, 9.17) is 11.6 Å². The molecule has 0 amide bonds. The Bertz CT molecular complexity index is 253. The highest BCUT2D eigenvalue weighted by Gasteiger charge is 2.19. The van der Waals surface area contributed by atoms with Crippen LogP contribution in [0, 0.1) is 0 Å². The molecule has 0 N–H and O–H groups in total. The van der Waals surface area contributed by atoms with Crippen molar-refractivity contribution in [2.75, 3.05) is 0 Å². The number of hydrogen-bond acceptors (Lipinski definition) is 2. The highest BCUT2D eigenvalue weighted by Crippen LogP contribution is 2.29. The van der Waals surface area contributed by atoms with E-state index in [0.717, 1.165) is 5.69 Å². The van der Waals surface area contributed by atoms with Crippen LogP contribution in [0.25, 0.3) is 0 Å². The lowest BCUT2D eigenvalue weighted by Crippen LogP contribution is -2.09. The first kappa shape index (κ1) is 8.05. The molecule has 12 heavy (non-hydrogen) atoms. The molecule has 1 heterocycles. The highest BCUT2D eigenvalue weighted by atomic mass is 35.5. The smallest absolute Gasteiger partial charge is 0.0738 e. The second-order valence-corrected chi connectivity index (χ2v) is 3.51. The van der Waals surface area contributed by atoms with Gasteiger partial charge in [0.1, 0.15) is 0 Å². The van der Waals surface area contributed by atoms with Crippen molar-refractivity contribution in [1.29, 1.82) is 0 Å². The molecule has 1 aromatic rings. The first-order chi connectivity index (χ1) is 5.92. The van der Waals surface area contributed by atoms with E-state index in [2.05, 4.69) is 10.3 Å². The van der Waals surface area contributed by atoms with Crippen LogP contribution in [0.3, 0.4) is 0 Å². The minimum Gasteiger partial charge on any atom is -0.245 e. The molecule has 4 heteroatoms. The van der Waals surface area contributed by atoms with Gasteiger partial charge in [0, 0.05) is 0 Å². The van der Waals surface area contributed by atoms with Gasteiger partial charge in [0.2, 0.25) is 0 Å². The normalized spacial score (nSPS) is 18.8. The molecule has 1 saturated carbocycles. The lowest BCUT2D eigenvalue weighted by atomic mass is 10.2. The topological polar surface area (TPSA) is 30.7 Å². The summed E-state index contributed by atoms with van der Waals surface area (Å²) < 4.78 is 1.99. The summed E-state index contributed by atoms with van der Waals surface area (Å²) in [6.07, 6.45) is 6.84.